The van der Waals surface area contributed by atoms with Gasteiger partial charge in [0.1, 0.15) is 6.04 Å². The lowest BCUT2D eigenvalue weighted by Gasteiger charge is -2.21. The number of benzene rings is 1. The first kappa shape index (κ1) is 13.1. The van der Waals surface area contributed by atoms with Gasteiger partial charge in [0.2, 0.25) is 0 Å². The van der Waals surface area contributed by atoms with Crippen molar-refractivity contribution in [3.63, 3.8) is 0 Å². The number of β-amino-alcohol motifs (C(OH)–C–C–N with tert-alkyl or cyclic N) is 1. The number of aliphatic hydroxyl groups excluding tert-OH is 1. The summed E-state index contributed by atoms with van der Waals surface area (Å²) in [6.07, 6.45) is -0.211. The van der Waals surface area contributed by atoms with Crippen molar-refractivity contribution < 1.29 is 15.0 Å². The Morgan fingerprint density at radius 2 is 1.94 bits per heavy atom. The van der Waals surface area contributed by atoms with Crippen LogP contribution in [0.2, 0.25) is 0 Å². The second-order valence-electron chi connectivity index (χ2n) is 5.17. The minimum Gasteiger partial charge on any atom is -0.480 e. The van der Waals surface area contributed by atoms with Crippen molar-refractivity contribution in [2.24, 2.45) is 0 Å². The van der Waals surface area contributed by atoms with Crippen molar-refractivity contribution in [1.82, 2.24) is 4.90 Å². The van der Waals surface area contributed by atoms with Crippen LogP contribution in [0.1, 0.15) is 23.1 Å². The molecule has 98 valence electrons. The van der Waals surface area contributed by atoms with Gasteiger partial charge in [-0.3, -0.25) is 9.69 Å². The first-order chi connectivity index (χ1) is 8.45. The predicted molar refractivity (Wildman–Crippen MR) is 68.4 cm³/mol. The number of hydrogen-bond acceptors (Lipinski definition) is 3. The maximum absolute atomic E-state index is 11.1. The zero-order chi connectivity index (χ0) is 13.3. The van der Waals surface area contributed by atoms with Gasteiger partial charge in [0.05, 0.1) is 6.10 Å². The molecule has 0 saturated carbocycles. The molecule has 0 aromatic heterocycles. The predicted octanol–water partition coefficient (Wildman–Crippen LogP) is 1.32. The van der Waals surface area contributed by atoms with Gasteiger partial charge < -0.3 is 10.2 Å². The van der Waals surface area contributed by atoms with Gasteiger partial charge in [0.25, 0.3) is 0 Å². The monoisotopic (exact) mass is 249 g/mol. The molecule has 1 heterocycles. The van der Waals surface area contributed by atoms with E-state index in [1.807, 2.05) is 18.7 Å². The van der Waals surface area contributed by atoms with Crippen LogP contribution in [0.15, 0.2) is 18.2 Å². The van der Waals surface area contributed by atoms with E-state index in [0.29, 0.717) is 19.5 Å². The van der Waals surface area contributed by atoms with Crippen LogP contribution in [0.25, 0.3) is 0 Å². The van der Waals surface area contributed by atoms with Crippen LogP contribution in [0.3, 0.4) is 0 Å². The molecule has 0 aliphatic carbocycles. The Morgan fingerprint density at radius 1 is 1.33 bits per heavy atom. The standard InChI is InChI=1S/C14H19NO3/c1-9-3-10(2)5-11(4-9)7-15-8-12(16)6-13(15)14(17)18/h3-5,12-13,16H,6-8H2,1-2H3,(H,17,18). The Bertz CT molecular complexity index is 438. The summed E-state index contributed by atoms with van der Waals surface area (Å²) in [5.74, 6) is -0.851. The highest BCUT2D eigenvalue weighted by Crippen LogP contribution is 2.21. The molecular formula is C14H19NO3. The number of nitrogens with zero attached hydrogens (tertiary/aromatic N) is 1. The number of aliphatic carboxylic acids is 1. The fourth-order valence-corrected chi connectivity index (χ4v) is 2.71. The number of hydrogen-bond donors (Lipinski definition) is 2. The highest BCUT2D eigenvalue weighted by molar-refractivity contribution is 5.74. The van der Waals surface area contributed by atoms with E-state index in [4.69, 9.17) is 5.11 Å². The van der Waals surface area contributed by atoms with Gasteiger partial charge in [0.15, 0.2) is 0 Å². The molecule has 0 amide bonds. The molecule has 1 saturated heterocycles. The summed E-state index contributed by atoms with van der Waals surface area (Å²) in [7, 11) is 0. The summed E-state index contributed by atoms with van der Waals surface area (Å²) in [6, 6.07) is 5.66. The zero-order valence-corrected chi connectivity index (χ0v) is 10.8. The molecule has 2 unspecified atom stereocenters. The third kappa shape index (κ3) is 2.89. The minimum absolute atomic E-state index is 0.320. The molecule has 2 rings (SSSR count). The van der Waals surface area contributed by atoms with Crippen molar-refractivity contribution in [2.45, 2.75) is 39.0 Å². The van der Waals surface area contributed by atoms with Crippen LogP contribution in [0.5, 0.6) is 0 Å². The van der Waals surface area contributed by atoms with E-state index in [1.54, 1.807) is 0 Å². The Kier molecular flexibility index (Phi) is 3.68. The maximum Gasteiger partial charge on any atom is 0.321 e. The van der Waals surface area contributed by atoms with Crippen molar-refractivity contribution in [1.29, 1.82) is 0 Å². The molecule has 2 N–H and O–H groups in total. The molecule has 18 heavy (non-hydrogen) atoms. The van der Waals surface area contributed by atoms with Crippen molar-refractivity contribution in [3.05, 3.63) is 34.9 Å². The summed E-state index contributed by atoms with van der Waals surface area (Å²) < 4.78 is 0. The van der Waals surface area contributed by atoms with E-state index < -0.39 is 18.1 Å². The number of likely N-dealkylation sites (tertiary alicyclic amines) is 1. The quantitative estimate of drug-likeness (QED) is 0.848. The summed E-state index contributed by atoms with van der Waals surface area (Å²) >= 11 is 0. The third-order valence-electron chi connectivity index (χ3n) is 3.33. The Hall–Kier alpha value is -1.39. The molecule has 2 atom stereocenters. The van der Waals surface area contributed by atoms with E-state index in [9.17, 15) is 9.90 Å². The molecule has 0 spiro atoms. The van der Waals surface area contributed by atoms with Crippen LogP contribution in [0, 0.1) is 13.8 Å². The van der Waals surface area contributed by atoms with Gasteiger partial charge in [0, 0.05) is 19.5 Å². The lowest BCUT2D eigenvalue weighted by atomic mass is 10.1. The Balaban J connectivity index is 2.14. The van der Waals surface area contributed by atoms with E-state index in [1.165, 1.54) is 11.1 Å². The molecule has 1 aliphatic heterocycles. The average Bonchev–Trinajstić information content (AvgIpc) is 2.57. The van der Waals surface area contributed by atoms with E-state index in [-0.39, 0.29) is 0 Å². The highest BCUT2D eigenvalue weighted by Gasteiger charge is 2.35. The van der Waals surface area contributed by atoms with Crippen LogP contribution in [-0.4, -0.2) is 39.8 Å². The van der Waals surface area contributed by atoms with Crippen molar-refractivity contribution >= 4 is 5.97 Å². The molecule has 4 nitrogen and oxygen atoms in total. The molecule has 1 aliphatic rings. The molecule has 1 fully saturated rings. The lowest BCUT2D eigenvalue weighted by Crippen LogP contribution is -2.35. The molecule has 0 bridgehead atoms. The largest absolute Gasteiger partial charge is 0.480 e. The van der Waals surface area contributed by atoms with Gasteiger partial charge in [-0.25, -0.2) is 0 Å². The van der Waals surface area contributed by atoms with Crippen LogP contribution in [0.4, 0.5) is 0 Å². The summed E-state index contributed by atoms with van der Waals surface area (Å²) in [5.41, 5.74) is 3.46. The number of carbonyl (C=O) groups is 1. The normalized spacial score (nSPS) is 24.4. The number of aryl methyl sites for hydroxylation is 2. The van der Waals surface area contributed by atoms with Gasteiger partial charge >= 0.3 is 5.97 Å². The van der Waals surface area contributed by atoms with Gasteiger partial charge in [-0.15, -0.1) is 0 Å². The second-order valence-corrected chi connectivity index (χ2v) is 5.17. The second kappa shape index (κ2) is 5.08. The lowest BCUT2D eigenvalue weighted by molar-refractivity contribution is -0.142. The number of carboxylic acid groups (broad SMARTS) is 1. The van der Waals surface area contributed by atoms with Crippen LogP contribution >= 0.6 is 0 Å². The fraction of sp³-hybridized carbons (Fsp3) is 0.500. The van der Waals surface area contributed by atoms with Crippen molar-refractivity contribution in [3.8, 4) is 0 Å². The van der Waals surface area contributed by atoms with Crippen LogP contribution in [-0.2, 0) is 11.3 Å². The Morgan fingerprint density at radius 3 is 2.50 bits per heavy atom. The number of aliphatic hydroxyl groups is 1. The third-order valence-corrected chi connectivity index (χ3v) is 3.33. The molecular weight excluding hydrogens is 230 g/mol. The number of rotatable bonds is 3. The van der Waals surface area contributed by atoms with Gasteiger partial charge in [-0.2, -0.15) is 0 Å². The maximum atomic E-state index is 11.1. The molecule has 1 aromatic carbocycles. The summed E-state index contributed by atoms with van der Waals surface area (Å²) in [4.78, 5) is 13.0. The first-order valence-corrected chi connectivity index (χ1v) is 6.18. The topological polar surface area (TPSA) is 60.8 Å². The molecule has 4 heteroatoms. The molecule has 1 aromatic rings. The van der Waals surface area contributed by atoms with Gasteiger partial charge in [-0.1, -0.05) is 29.3 Å². The van der Waals surface area contributed by atoms with Crippen LogP contribution < -0.4 is 0 Å². The van der Waals surface area contributed by atoms with E-state index in [2.05, 4.69) is 18.2 Å². The molecule has 0 radical (unpaired) electrons. The van der Waals surface area contributed by atoms with Gasteiger partial charge in [-0.05, 0) is 19.4 Å². The van der Waals surface area contributed by atoms with E-state index in [0.717, 1.165) is 5.56 Å². The first-order valence-electron chi connectivity index (χ1n) is 6.18. The fourth-order valence-electron chi connectivity index (χ4n) is 2.71. The van der Waals surface area contributed by atoms with E-state index >= 15 is 0 Å². The summed E-state index contributed by atoms with van der Waals surface area (Å²) in [5, 5.41) is 18.7. The SMILES string of the molecule is Cc1cc(C)cc(CN2CC(O)CC2C(=O)O)c1. The smallest absolute Gasteiger partial charge is 0.321 e. The average molecular weight is 249 g/mol. The highest BCUT2D eigenvalue weighted by atomic mass is 16.4. The Labute approximate surface area is 107 Å². The minimum atomic E-state index is -0.851. The van der Waals surface area contributed by atoms with Crippen molar-refractivity contribution in [2.75, 3.05) is 6.54 Å². The summed E-state index contributed by atoms with van der Waals surface area (Å²) in [6.45, 7) is 5.08. The number of carboxylic acids is 1. The zero-order valence-electron chi connectivity index (χ0n) is 10.8.